The van der Waals surface area contributed by atoms with Crippen LogP contribution in [0.2, 0.25) is 0 Å². The van der Waals surface area contributed by atoms with Crippen LogP contribution in [0.3, 0.4) is 0 Å². The van der Waals surface area contributed by atoms with Gasteiger partial charge in [0.05, 0.1) is 6.61 Å². The molecule has 0 fully saturated rings. The Morgan fingerprint density at radius 3 is 3.00 bits per heavy atom. The van der Waals surface area contributed by atoms with Crippen molar-refractivity contribution in [2.24, 2.45) is 0 Å². The first kappa shape index (κ1) is 12.6. The lowest BCUT2D eigenvalue weighted by molar-refractivity contribution is -0.392. The standard InChI is InChI=1S/C9H15N3O4/c1-3-16-6-8(13)5-11-7(2)10-4-9(11)12(14)15/h4,8,13H,3,5-6H2,1-2H3. The molecule has 90 valence electrons. The van der Waals surface area contributed by atoms with E-state index < -0.39 is 11.0 Å². The van der Waals surface area contributed by atoms with Crippen molar-refractivity contribution in [3.8, 4) is 0 Å². The highest BCUT2D eigenvalue weighted by atomic mass is 16.6. The van der Waals surface area contributed by atoms with Crippen LogP contribution < -0.4 is 0 Å². The quantitative estimate of drug-likeness (QED) is 0.566. The second-order valence-corrected chi connectivity index (χ2v) is 3.34. The molecule has 0 saturated heterocycles. The third-order valence-electron chi connectivity index (χ3n) is 2.13. The van der Waals surface area contributed by atoms with E-state index in [4.69, 9.17) is 4.74 Å². The van der Waals surface area contributed by atoms with Gasteiger partial charge in [-0.25, -0.2) is 9.55 Å². The minimum Gasteiger partial charge on any atom is -0.387 e. The first-order chi connectivity index (χ1) is 7.56. The molecule has 0 saturated carbocycles. The molecule has 0 bridgehead atoms. The summed E-state index contributed by atoms with van der Waals surface area (Å²) < 4.78 is 6.40. The SMILES string of the molecule is CCOCC(O)Cn1c([N+](=O)[O-])cnc1C. The summed E-state index contributed by atoms with van der Waals surface area (Å²) in [7, 11) is 0. The summed E-state index contributed by atoms with van der Waals surface area (Å²) in [5.41, 5.74) is 0. The van der Waals surface area contributed by atoms with Gasteiger partial charge >= 0.3 is 5.82 Å². The van der Waals surface area contributed by atoms with E-state index in [1.807, 2.05) is 6.92 Å². The van der Waals surface area contributed by atoms with E-state index in [9.17, 15) is 15.2 Å². The van der Waals surface area contributed by atoms with Gasteiger partial charge < -0.3 is 20.0 Å². The molecular formula is C9H15N3O4. The summed E-state index contributed by atoms with van der Waals surface area (Å²) in [6.07, 6.45) is 0.412. The molecule has 0 amide bonds. The van der Waals surface area contributed by atoms with Crippen LogP contribution in [-0.2, 0) is 11.3 Å². The molecule has 1 aromatic heterocycles. The smallest absolute Gasteiger partial charge is 0.342 e. The fourth-order valence-electron chi connectivity index (χ4n) is 1.34. The van der Waals surface area contributed by atoms with Crippen molar-refractivity contribution in [2.75, 3.05) is 13.2 Å². The van der Waals surface area contributed by atoms with E-state index in [-0.39, 0.29) is 19.0 Å². The fourth-order valence-corrected chi connectivity index (χ4v) is 1.34. The molecule has 1 aromatic rings. The Bertz CT molecular complexity index is 364. The summed E-state index contributed by atoms with van der Waals surface area (Å²) in [4.78, 5) is 14.0. The molecule has 7 nitrogen and oxygen atoms in total. The highest BCUT2D eigenvalue weighted by Gasteiger charge is 2.20. The van der Waals surface area contributed by atoms with Crippen molar-refractivity contribution in [3.05, 3.63) is 22.1 Å². The predicted molar refractivity (Wildman–Crippen MR) is 56.1 cm³/mol. The van der Waals surface area contributed by atoms with Gasteiger partial charge in [-0.05, 0) is 11.8 Å². The Morgan fingerprint density at radius 2 is 2.44 bits per heavy atom. The maximum absolute atomic E-state index is 10.7. The molecular weight excluding hydrogens is 214 g/mol. The highest BCUT2D eigenvalue weighted by Crippen LogP contribution is 2.14. The molecule has 1 unspecified atom stereocenters. The molecule has 0 aliphatic heterocycles. The number of nitrogens with zero attached hydrogens (tertiary/aromatic N) is 3. The average Bonchev–Trinajstić information content (AvgIpc) is 2.58. The maximum atomic E-state index is 10.7. The van der Waals surface area contributed by atoms with E-state index in [2.05, 4.69) is 4.98 Å². The number of aryl methyl sites for hydroxylation is 1. The first-order valence-electron chi connectivity index (χ1n) is 4.98. The van der Waals surface area contributed by atoms with Gasteiger partial charge in [0.1, 0.15) is 18.8 Å². The van der Waals surface area contributed by atoms with Crippen molar-refractivity contribution in [1.82, 2.24) is 9.55 Å². The van der Waals surface area contributed by atoms with Crippen LogP contribution in [0.25, 0.3) is 0 Å². The van der Waals surface area contributed by atoms with Crippen LogP contribution >= 0.6 is 0 Å². The normalized spacial score (nSPS) is 12.7. The van der Waals surface area contributed by atoms with E-state index in [1.54, 1.807) is 6.92 Å². The number of aliphatic hydroxyl groups excluding tert-OH is 1. The molecule has 0 radical (unpaired) electrons. The molecule has 1 rings (SSSR count). The van der Waals surface area contributed by atoms with Gasteiger partial charge in [0.25, 0.3) is 0 Å². The lowest BCUT2D eigenvalue weighted by Gasteiger charge is -2.09. The topological polar surface area (TPSA) is 90.4 Å². The number of nitro groups is 1. The first-order valence-corrected chi connectivity index (χ1v) is 4.98. The van der Waals surface area contributed by atoms with Crippen molar-refractivity contribution in [1.29, 1.82) is 0 Å². The number of aliphatic hydroxyl groups is 1. The van der Waals surface area contributed by atoms with Gasteiger partial charge in [0, 0.05) is 13.5 Å². The maximum Gasteiger partial charge on any atom is 0.342 e. The zero-order valence-electron chi connectivity index (χ0n) is 9.29. The van der Waals surface area contributed by atoms with Crippen LogP contribution in [-0.4, -0.2) is 38.9 Å². The number of aromatic nitrogens is 2. The van der Waals surface area contributed by atoms with Gasteiger partial charge in [0.15, 0.2) is 5.82 Å². The van der Waals surface area contributed by atoms with E-state index in [1.165, 1.54) is 10.8 Å². The highest BCUT2D eigenvalue weighted by molar-refractivity contribution is 5.18. The summed E-state index contributed by atoms with van der Waals surface area (Å²) in [5, 5.41) is 20.2. The zero-order valence-corrected chi connectivity index (χ0v) is 9.29. The largest absolute Gasteiger partial charge is 0.387 e. The molecule has 0 aliphatic carbocycles. The number of hydrogen-bond acceptors (Lipinski definition) is 5. The van der Waals surface area contributed by atoms with Gasteiger partial charge in [-0.2, -0.15) is 0 Å². The lowest BCUT2D eigenvalue weighted by Crippen LogP contribution is -2.23. The molecule has 0 spiro atoms. The summed E-state index contributed by atoms with van der Waals surface area (Å²) in [6, 6.07) is 0. The number of ether oxygens (including phenoxy) is 1. The zero-order chi connectivity index (χ0) is 12.1. The van der Waals surface area contributed by atoms with E-state index in [0.717, 1.165) is 0 Å². The third-order valence-corrected chi connectivity index (χ3v) is 2.13. The Labute approximate surface area is 92.8 Å². The van der Waals surface area contributed by atoms with Gasteiger partial charge in [-0.1, -0.05) is 0 Å². The molecule has 0 aromatic carbocycles. The Hall–Kier alpha value is -1.47. The Balaban J connectivity index is 2.71. The van der Waals surface area contributed by atoms with E-state index >= 15 is 0 Å². The monoisotopic (exact) mass is 229 g/mol. The van der Waals surface area contributed by atoms with Crippen LogP contribution in [0.4, 0.5) is 5.82 Å². The van der Waals surface area contributed by atoms with Crippen LogP contribution in [0.5, 0.6) is 0 Å². The summed E-state index contributed by atoms with van der Waals surface area (Å²) in [6.45, 7) is 4.24. The molecule has 7 heteroatoms. The molecule has 0 aliphatic rings. The van der Waals surface area contributed by atoms with Gasteiger partial charge in [-0.15, -0.1) is 0 Å². The van der Waals surface area contributed by atoms with Crippen molar-refractivity contribution in [3.63, 3.8) is 0 Å². The van der Waals surface area contributed by atoms with Crippen molar-refractivity contribution < 1.29 is 14.8 Å². The molecule has 16 heavy (non-hydrogen) atoms. The Kier molecular flexibility index (Phi) is 4.39. The minimum atomic E-state index is -0.772. The second-order valence-electron chi connectivity index (χ2n) is 3.34. The van der Waals surface area contributed by atoms with Gasteiger partial charge in [-0.3, -0.25) is 0 Å². The minimum absolute atomic E-state index is 0.113. The van der Waals surface area contributed by atoms with Crippen molar-refractivity contribution >= 4 is 5.82 Å². The molecule has 1 atom stereocenters. The summed E-state index contributed by atoms with van der Waals surface area (Å²) in [5.74, 6) is 0.385. The number of hydrogen-bond donors (Lipinski definition) is 1. The molecule has 1 heterocycles. The van der Waals surface area contributed by atoms with Crippen LogP contribution in [0.1, 0.15) is 12.7 Å². The van der Waals surface area contributed by atoms with Crippen LogP contribution in [0, 0.1) is 17.0 Å². The molecule has 1 N–H and O–H groups in total. The summed E-state index contributed by atoms with van der Waals surface area (Å²) >= 11 is 0. The fraction of sp³-hybridized carbons (Fsp3) is 0.667. The second kappa shape index (κ2) is 5.57. The lowest BCUT2D eigenvalue weighted by atomic mass is 10.3. The third kappa shape index (κ3) is 3.01. The van der Waals surface area contributed by atoms with E-state index in [0.29, 0.717) is 12.4 Å². The van der Waals surface area contributed by atoms with Crippen LogP contribution in [0.15, 0.2) is 6.20 Å². The average molecular weight is 229 g/mol. The number of rotatable bonds is 6. The predicted octanol–water partition coefficient (Wildman–Crippen LogP) is 0.497. The van der Waals surface area contributed by atoms with Gasteiger partial charge in [0.2, 0.25) is 0 Å². The Morgan fingerprint density at radius 1 is 1.75 bits per heavy atom. The number of imidazole rings is 1. The van der Waals surface area contributed by atoms with Crippen molar-refractivity contribution in [2.45, 2.75) is 26.5 Å².